The number of carbonyl (C=O) groups excluding carboxylic acids is 5. The Hall–Kier alpha value is -4.57. The molecule has 1 aromatic rings. The summed E-state index contributed by atoms with van der Waals surface area (Å²) in [5.74, 6) is -5.75. The van der Waals surface area contributed by atoms with Crippen LogP contribution < -0.4 is 16.0 Å². The Morgan fingerprint density at radius 3 is 1.93 bits per heavy atom. The second-order valence-corrected chi connectivity index (χ2v) is 17.8. The fourth-order valence-electron chi connectivity index (χ4n) is 8.78. The third-order valence-electron chi connectivity index (χ3n) is 12.1. The van der Waals surface area contributed by atoms with Gasteiger partial charge in [0.2, 0.25) is 29.5 Å². The van der Waals surface area contributed by atoms with Crippen LogP contribution in [-0.4, -0.2) is 144 Å². The van der Waals surface area contributed by atoms with Gasteiger partial charge < -0.3 is 40.7 Å². The molecule has 0 saturated carbocycles. The van der Waals surface area contributed by atoms with Crippen LogP contribution in [0.1, 0.15) is 99.5 Å². The zero-order valence-electron chi connectivity index (χ0n) is 38.5. The van der Waals surface area contributed by atoms with E-state index in [9.17, 15) is 38.7 Å². The number of hydrogen-bond acceptors (Lipinski definition) is 9. The summed E-state index contributed by atoms with van der Waals surface area (Å²) in [6.45, 7) is 15.9. The van der Waals surface area contributed by atoms with E-state index >= 15 is 0 Å². The van der Waals surface area contributed by atoms with Crippen molar-refractivity contribution in [1.29, 1.82) is 0 Å². The Morgan fingerprint density at radius 2 is 1.43 bits per heavy atom. The Balaban J connectivity index is 2.30. The van der Waals surface area contributed by atoms with E-state index in [-0.39, 0.29) is 66.7 Å². The number of ether oxygens (including phenoxy) is 1. The highest BCUT2D eigenvalue weighted by Crippen LogP contribution is 2.31. The normalized spacial score (nSPS) is 18.6. The first kappa shape index (κ1) is 52.6. The van der Waals surface area contributed by atoms with Crippen LogP contribution >= 0.6 is 0 Å². The van der Waals surface area contributed by atoms with Crippen molar-refractivity contribution in [3.63, 3.8) is 0 Å². The number of likely N-dealkylation sites (tertiary alicyclic amines) is 1. The van der Waals surface area contributed by atoms with Gasteiger partial charge in [0.15, 0.2) is 0 Å². The molecule has 5 amide bonds. The number of carboxylic acid groups (broad SMARTS) is 2. The number of likely N-dealkylation sites (N-methyl/N-ethyl adjacent to an activating group) is 2. The summed E-state index contributed by atoms with van der Waals surface area (Å²) in [6.07, 6.45) is 0.588. The second-order valence-electron chi connectivity index (χ2n) is 17.8. The van der Waals surface area contributed by atoms with Crippen molar-refractivity contribution in [3.8, 4) is 0 Å². The lowest BCUT2D eigenvalue weighted by Gasteiger charge is -2.40. The summed E-state index contributed by atoms with van der Waals surface area (Å²) in [5, 5.41) is 27.0. The molecule has 5 N–H and O–H groups in total. The fraction of sp³-hybridized carbons (Fsp3) is 0.711. The highest BCUT2D eigenvalue weighted by molar-refractivity contribution is 5.92. The van der Waals surface area contributed by atoms with Crippen molar-refractivity contribution < 1.29 is 48.5 Å². The molecule has 1 aromatic carbocycles. The number of hydrogen-bond donors (Lipinski definition) is 5. The summed E-state index contributed by atoms with van der Waals surface area (Å²) in [6, 6.07) is 4.23. The van der Waals surface area contributed by atoms with Crippen LogP contribution in [0, 0.1) is 29.6 Å². The molecule has 10 atom stereocenters. The van der Waals surface area contributed by atoms with Gasteiger partial charge in [0, 0.05) is 46.0 Å². The van der Waals surface area contributed by atoms with Crippen LogP contribution in [0.15, 0.2) is 30.3 Å². The van der Waals surface area contributed by atoms with Crippen molar-refractivity contribution >= 4 is 41.5 Å². The van der Waals surface area contributed by atoms with E-state index in [4.69, 9.17) is 9.84 Å². The SMILES string of the molecule is CC[C@H](C)[C@@H]([C@H](C)CC(=O)N1CCC[C@H]1[C@H](OC)[C@@H](C)C(=O)NC(Cc1ccccc1)C(=O)NC(CCC(=O)O)C(=O)O)N(C)C(=O)[C@@H](NC(=O)[C@H](C(C)C)N(C)C)C(C)C. The number of benzene rings is 1. The molecule has 2 unspecified atom stereocenters. The molecular formula is C45H74N6O10. The number of nitrogens with zero attached hydrogens (tertiary/aromatic N) is 3. The number of nitrogens with one attached hydrogen (secondary N) is 3. The molecule has 1 aliphatic heterocycles. The fourth-order valence-corrected chi connectivity index (χ4v) is 8.78. The van der Waals surface area contributed by atoms with Crippen molar-refractivity contribution in [2.24, 2.45) is 29.6 Å². The molecule has 0 aliphatic carbocycles. The van der Waals surface area contributed by atoms with Crippen LogP contribution in [0.3, 0.4) is 0 Å². The highest BCUT2D eigenvalue weighted by atomic mass is 16.5. The lowest BCUT2D eigenvalue weighted by molar-refractivity contribution is -0.145. The Morgan fingerprint density at radius 1 is 0.820 bits per heavy atom. The van der Waals surface area contributed by atoms with Crippen molar-refractivity contribution in [1.82, 2.24) is 30.7 Å². The third-order valence-corrected chi connectivity index (χ3v) is 12.1. The molecule has 1 saturated heterocycles. The molecule has 61 heavy (non-hydrogen) atoms. The minimum absolute atomic E-state index is 0.0266. The molecule has 0 aromatic heterocycles. The average molecular weight is 859 g/mol. The first-order valence-corrected chi connectivity index (χ1v) is 21.7. The van der Waals surface area contributed by atoms with Crippen LogP contribution in [0.4, 0.5) is 0 Å². The number of carbonyl (C=O) groups is 7. The summed E-state index contributed by atoms with van der Waals surface area (Å²) in [4.78, 5) is 97.8. The van der Waals surface area contributed by atoms with Gasteiger partial charge in [0.1, 0.15) is 18.1 Å². The van der Waals surface area contributed by atoms with E-state index in [1.165, 1.54) is 7.11 Å². The van der Waals surface area contributed by atoms with E-state index in [0.717, 1.165) is 6.42 Å². The standard InChI is InChI=1S/C45H74N6O10/c1-13-28(6)39(50(11)44(58)37(26(2)3)48-43(57)38(27(4)5)49(9)10)29(7)24-35(52)51-23-17-20-34(51)40(61-12)30(8)41(55)47-33(25-31-18-15-14-16-19-31)42(56)46-32(45(59)60)21-22-36(53)54/h14-16,18-19,26-30,32-34,37-40H,13,17,20-25H2,1-12H3,(H,46,56)(H,47,55)(H,48,57)(H,53,54)(H,59,60)/t28-,29+,30+,32?,33?,34-,37-,38-,39-,40+/m0/s1. The summed E-state index contributed by atoms with van der Waals surface area (Å²) < 4.78 is 5.93. The highest BCUT2D eigenvalue weighted by Gasteiger charge is 2.43. The molecule has 1 aliphatic rings. The van der Waals surface area contributed by atoms with Crippen LogP contribution in [-0.2, 0) is 44.7 Å². The van der Waals surface area contributed by atoms with Gasteiger partial charge in [-0.3, -0.25) is 33.7 Å². The van der Waals surface area contributed by atoms with Crippen molar-refractivity contribution in [2.75, 3.05) is 34.8 Å². The van der Waals surface area contributed by atoms with Crippen LogP contribution in [0.5, 0.6) is 0 Å². The first-order valence-electron chi connectivity index (χ1n) is 21.7. The van der Waals surface area contributed by atoms with Gasteiger partial charge in [-0.1, -0.05) is 92.1 Å². The van der Waals surface area contributed by atoms with Gasteiger partial charge in [-0.2, -0.15) is 0 Å². The Bertz CT molecular complexity index is 1620. The monoisotopic (exact) mass is 859 g/mol. The van der Waals surface area contributed by atoms with E-state index in [2.05, 4.69) is 22.9 Å². The molecule has 344 valence electrons. The topological polar surface area (TPSA) is 215 Å². The average Bonchev–Trinajstić information content (AvgIpc) is 3.67. The molecule has 0 spiro atoms. The number of rotatable bonds is 25. The number of methoxy groups -OCH3 is 1. The minimum atomic E-state index is -1.48. The largest absolute Gasteiger partial charge is 0.481 e. The molecule has 16 nitrogen and oxygen atoms in total. The van der Waals surface area contributed by atoms with Gasteiger partial charge in [-0.05, 0) is 62.6 Å². The van der Waals surface area contributed by atoms with E-state index in [1.54, 1.807) is 54.1 Å². The van der Waals surface area contributed by atoms with Crippen LogP contribution in [0.2, 0.25) is 0 Å². The summed E-state index contributed by atoms with van der Waals surface area (Å²) in [7, 11) is 6.90. The molecular weight excluding hydrogens is 785 g/mol. The molecule has 0 bridgehead atoms. The maximum Gasteiger partial charge on any atom is 0.326 e. The molecule has 2 rings (SSSR count). The molecule has 1 heterocycles. The summed E-state index contributed by atoms with van der Waals surface area (Å²) >= 11 is 0. The summed E-state index contributed by atoms with van der Waals surface area (Å²) in [5.41, 5.74) is 0.703. The quantitative estimate of drug-likeness (QED) is 0.0961. The zero-order valence-corrected chi connectivity index (χ0v) is 38.5. The smallest absolute Gasteiger partial charge is 0.326 e. The molecule has 0 radical (unpaired) electrons. The van der Waals surface area contributed by atoms with Gasteiger partial charge in [0.05, 0.1) is 24.1 Å². The van der Waals surface area contributed by atoms with Gasteiger partial charge in [0.25, 0.3) is 0 Å². The molecule has 1 fully saturated rings. The zero-order chi connectivity index (χ0) is 46.3. The number of carboxylic acids is 2. The first-order chi connectivity index (χ1) is 28.6. The van der Waals surface area contributed by atoms with Gasteiger partial charge in [-0.25, -0.2) is 4.79 Å². The third kappa shape index (κ3) is 15.1. The predicted octanol–water partition coefficient (Wildman–Crippen LogP) is 3.42. The van der Waals surface area contributed by atoms with Crippen molar-refractivity contribution in [3.05, 3.63) is 35.9 Å². The lowest BCUT2D eigenvalue weighted by atomic mass is 9.84. The minimum Gasteiger partial charge on any atom is -0.481 e. The van der Waals surface area contributed by atoms with E-state index in [0.29, 0.717) is 24.9 Å². The number of amides is 5. The van der Waals surface area contributed by atoms with Crippen molar-refractivity contribution in [2.45, 2.75) is 143 Å². The Kier molecular flexibility index (Phi) is 21.3. The van der Waals surface area contributed by atoms with E-state index in [1.807, 2.05) is 60.5 Å². The number of aliphatic carboxylic acids is 2. The second kappa shape index (κ2) is 24.8. The van der Waals surface area contributed by atoms with Crippen LogP contribution in [0.25, 0.3) is 0 Å². The maximum atomic E-state index is 14.3. The van der Waals surface area contributed by atoms with E-state index < -0.39 is 72.4 Å². The molecule has 16 heteroatoms. The maximum absolute atomic E-state index is 14.3. The van der Waals surface area contributed by atoms with Gasteiger partial charge >= 0.3 is 11.9 Å². The van der Waals surface area contributed by atoms with Gasteiger partial charge in [-0.15, -0.1) is 0 Å². The predicted molar refractivity (Wildman–Crippen MR) is 232 cm³/mol. The lowest BCUT2D eigenvalue weighted by Crippen LogP contribution is -2.58. The Labute approximate surface area is 362 Å².